The second kappa shape index (κ2) is 8.55. The van der Waals surface area contributed by atoms with Crippen molar-refractivity contribution in [2.45, 2.75) is 6.92 Å². The number of hydrogen-bond acceptors (Lipinski definition) is 5. The lowest BCUT2D eigenvalue weighted by molar-refractivity contribution is 0.0996. The van der Waals surface area contributed by atoms with E-state index in [-0.39, 0.29) is 17.4 Å². The number of ether oxygens (including phenoxy) is 1. The van der Waals surface area contributed by atoms with Crippen LogP contribution in [0.15, 0.2) is 68.7 Å². The van der Waals surface area contributed by atoms with Crippen molar-refractivity contribution in [1.29, 1.82) is 0 Å². The number of hydrogen-bond donors (Lipinski definition) is 2. The molecule has 0 fully saturated rings. The molecule has 138 valence electrons. The molecule has 27 heavy (non-hydrogen) atoms. The van der Waals surface area contributed by atoms with Crippen LogP contribution in [0.3, 0.4) is 0 Å². The molecule has 2 N–H and O–H groups in total. The topological polar surface area (TPSA) is 84.1 Å². The van der Waals surface area contributed by atoms with Gasteiger partial charge in [0, 0.05) is 21.9 Å². The Morgan fingerprint density at radius 3 is 2.74 bits per heavy atom. The van der Waals surface area contributed by atoms with Gasteiger partial charge in [-0.05, 0) is 55.5 Å². The van der Waals surface area contributed by atoms with Crippen molar-refractivity contribution in [3.8, 4) is 11.5 Å². The smallest absolute Gasteiger partial charge is 0.291 e. The molecular weight excluding hydrogens is 412 g/mol. The Morgan fingerprint density at radius 2 is 2.07 bits per heavy atom. The molecule has 0 bridgehead atoms. The monoisotopic (exact) mass is 428 g/mol. The van der Waals surface area contributed by atoms with Crippen molar-refractivity contribution in [2.75, 3.05) is 11.9 Å². The molecule has 3 aromatic rings. The second-order valence-corrected chi connectivity index (χ2v) is 6.43. The number of furan rings is 1. The number of nitrogens with one attached hydrogen (secondary N) is 1. The highest BCUT2D eigenvalue weighted by Crippen LogP contribution is 2.33. The van der Waals surface area contributed by atoms with E-state index >= 15 is 0 Å². The molecule has 1 aromatic heterocycles. The first-order chi connectivity index (χ1) is 13.1. The minimum Gasteiger partial charge on any atom is -0.504 e. The number of phenolic OH excluding ortho intramolecular Hbond substituents is 1. The van der Waals surface area contributed by atoms with E-state index in [1.807, 2.05) is 6.92 Å². The number of nitrogens with zero attached hydrogens (tertiary/aromatic N) is 1. The van der Waals surface area contributed by atoms with Crippen LogP contribution in [0.5, 0.6) is 11.5 Å². The van der Waals surface area contributed by atoms with Gasteiger partial charge >= 0.3 is 0 Å². The lowest BCUT2D eigenvalue weighted by Gasteiger charge is -2.08. The Kier molecular flexibility index (Phi) is 5.93. The fourth-order valence-electron chi connectivity index (χ4n) is 2.33. The summed E-state index contributed by atoms with van der Waals surface area (Å²) in [6, 6.07) is 13.7. The molecule has 0 spiro atoms. The predicted molar refractivity (Wildman–Crippen MR) is 107 cm³/mol. The van der Waals surface area contributed by atoms with Crippen molar-refractivity contribution >= 4 is 39.4 Å². The van der Waals surface area contributed by atoms with Crippen molar-refractivity contribution in [2.24, 2.45) is 4.99 Å². The number of benzene rings is 2. The van der Waals surface area contributed by atoms with Gasteiger partial charge in [0.15, 0.2) is 17.3 Å². The molecule has 0 saturated heterocycles. The maximum absolute atomic E-state index is 11.9. The normalized spacial score (nSPS) is 10.9. The average molecular weight is 429 g/mol. The highest BCUT2D eigenvalue weighted by Gasteiger charge is 2.10. The standard InChI is InChI=1S/C20H17BrN2O4/c1-2-26-18-11-14(21)10-13(19(18)24)12-22-15-5-7-16(8-6-15)23-20(25)17-4-3-9-27-17/h3-12,24H,2H2,1H3,(H,23,25). The van der Waals surface area contributed by atoms with Crippen LogP contribution >= 0.6 is 15.9 Å². The molecule has 1 amide bonds. The molecule has 3 rings (SSSR count). The molecule has 2 aromatic carbocycles. The van der Waals surface area contributed by atoms with E-state index in [0.717, 1.165) is 4.47 Å². The summed E-state index contributed by atoms with van der Waals surface area (Å²) >= 11 is 3.39. The van der Waals surface area contributed by atoms with Crippen molar-refractivity contribution in [3.63, 3.8) is 0 Å². The van der Waals surface area contributed by atoms with Crippen LogP contribution in [0.1, 0.15) is 23.0 Å². The molecule has 0 saturated carbocycles. The van der Waals surface area contributed by atoms with E-state index in [1.165, 1.54) is 6.26 Å². The summed E-state index contributed by atoms with van der Waals surface area (Å²) in [7, 11) is 0. The molecule has 6 nitrogen and oxygen atoms in total. The van der Waals surface area contributed by atoms with Crippen molar-refractivity contribution < 1.29 is 19.1 Å². The van der Waals surface area contributed by atoms with Gasteiger partial charge in [0.2, 0.25) is 0 Å². The SMILES string of the molecule is CCOc1cc(Br)cc(C=Nc2ccc(NC(=O)c3ccco3)cc2)c1O. The van der Waals surface area contributed by atoms with Crippen LogP contribution in [0.2, 0.25) is 0 Å². The molecule has 0 unspecified atom stereocenters. The van der Waals surface area contributed by atoms with Gasteiger partial charge in [-0.1, -0.05) is 15.9 Å². The number of anilines is 1. The van der Waals surface area contributed by atoms with E-state index in [0.29, 0.717) is 29.3 Å². The summed E-state index contributed by atoms with van der Waals surface area (Å²) in [5, 5.41) is 13.0. The number of carbonyl (C=O) groups excluding carboxylic acids is 1. The maximum Gasteiger partial charge on any atom is 0.291 e. The van der Waals surface area contributed by atoms with E-state index in [2.05, 4.69) is 26.2 Å². The van der Waals surface area contributed by atoms with Gasteiger partial charge in [0.1, 0.15) is 0 Å². The largest absolute Gasteiger partial charge is 0.504 e. The van der Waals surface area contributed by atoms with E-state index in [9.17, 15) is 9.90 Å². The number of amides is 1. The number of aromatic hydroxyl groups is 1. The van der Waals surface area contributed by atoms with Gasteiger partial charge in [-0.3, -0.25) is 9.79 Å². The lowest BCUT2D eigenvalue weighted by Crippen LogP contribution is -2.10. The summed E-state index contributed by atoms with van der Waals surface area (Å²) < 4.78 is 11.2. The molecule has 0 radical (unpaired) electrons. The molecule has 7 heteroatoms. The van der Waals surface area contributed by atoms with Gasteiger partial charge in [-0.15, -0.1) is 0 Å². The predicted octanol–water partition coefficient (Wildman–Crippen LogP) is 5.15. The van der Waals surface area contributed by atoms with Crippen molar-refractivity contribution in [3.05, 3.63) is 70.6 Å². The molecule has 0 aliphatic heterocycles. The third kappa shape index (κ3) is 4.77. The van der Waals surface area contributed by atoms with Gasteiger partial charge < -0.3 is 19.6 Å². The summed E-state index contributed by atoms with van der Waals surface area (Å²) in [6.45, 7) is 2.30. The fourth-order valence-corrected chi connectivity index (χ4v) is 2.79. The number of carbonyl (C=O) groups is 1. The zero-order valence-corrected chi connectivity index (χ0v) is 16.1. The third-order valence-corrected chi connectivity index (χ3v) is 4.05. The number of halogens is 1. The Labute approximate surface area is 164 Å². The van der Waals surface area contributed by atoms with Crippen LogP contribution in [0, 0.1) is 0 Å². The Hall–Kier alpha value is -3.06. The molecule has 1 heterocycles. The maximum atomic E-state index is 11.9. The summed E-state index contributed by atoms with van der Waals surface area (Å²) in [5.74, 6) is 0.349. The van der Waals surface area contributed by atoms with Crippen LogP contribution in [0.25, 0.3) is 0 Å². The molecule has 0 aliphatic carbocycles. The first-order valence-corrected chi connectivity index (χ1v) is 9.00. The van der Waals surface area contributed by atoms with E-state index < -0.39 is 0 Å². The first kappa shape index (κ1) is 18.7. The molecule has 0 atom stereocenters. The number of rotatable bonds is 6. The summed E-state index contributed by atoms with van der Waals surface area (Å²) in [4.78, 5) is 16.3. The Balaban J connectivity index is 1.72. The number of aliphatic imine (C=N–C) groups is 1. The quantitative estimate of drug-likeness (QED) is 0.531. The Bertz CT molecular complexity index is 951. The summed E-state index contributed by atoms with van der Waals surface area (Å²) in [6.07, 6.45) is 3.00. The number of phenols is 1. The minimum absolute atomic E-state index is 0.0335. The van der Waals surface area contributed by atoms with Crippen LogP contribution in [0.4, 0.5) is 11.4 Å². The van der Waals surface area contributed by atoms with Crippen LogP contribution < -0.4 is 10.1 Å². The zero-order valence-electron chi connectivity index (χ0n) is 14.5. The van der Waals surface area contributed by atoms with Crippen LogP contribution in [-0.2, 0) is 0 Å². The van der Waals surface area contributed by atoms with Crippen LogP contribution in [-0.4, -0.2) is 23.8 Å². The summed E-state index contributed by atoms with van der Waals surface area (Å²) in [5.41, 5.74) is 1.82. The molecule has 0 aliphatic rings. The fraction of sp³-hybridized carbons (Fsp3) is 0.100. The van der Waals surface area contributed by atoms with Gasteiger partial charge in [-0.25, -0.2) is 0 Å². The third-order valence-electron chi connectivity index (χ3n) is 3.59. The van der Waals surface area contributed by atoms with E-state index in [4.69, 9.17) is 9.15 Å². The Morgan fingerprint density at radius 1 is 1.30 bits per heavy atom. The highest BCUT2D eigenvalue weighted by atomic mass is 79.9. The molecular formula is C20H17BrN2O4. The highest BCUT2D eigenvalue weighted by molar-refractivity contribution is 9.10. The minimum atomic E-state index is -0.321. The van der Waals surface area contributed by atoms with E-state index in [1.54, 1.807) is 54.7 Å². The van der Waals surface area contributed by atoms with Gasteiger partial charge in [-0.2, -0.15) is 0 Å². The average Bonchev–Trinajstić information content (AvgIpc) is 3.19. The van der Waals surface area contributed by atoms with Crippen molar-refractivity contribution in [1.82, 2.24) is 0 Å². The first-order valence-electron chi connectivity index (χ1n) is 8.21. The lowest BCUT2D eigenvalue weighted by atomic mass is 10.2. The van der Waals surface area contributed by atoms with Gasteiger partial charge in [0.05, 0.1) is 18.6 Å². The zero-order chi connectivity index (χ0) is 19.2. The second-order valence-electron chi connectivity index (χ2n) is 5.51. The van der Waals surface area contributed by atoms with Gasteiger partial charge in [0.25, 0.3) is 5.91 Å².